The minimum absolute atomic E-state index is 0.523. The van der Waals surface area contributed by atoms with Crippen LogP contribution in [0.25, 0.3) is 0 Å². The highest BCUT2D eigenvalue weighted by Gasteiger charge is 2.13. The maximum absolute atomic E-state index is 11.2. The highest BCUT2D eigenvalue weighted by Crippen LogP contribution is 2.32. The third-order valence-corrected chi connectivity index (χ3v) is 2.33. The molecule has 0 saturated heterocycles. The molecule has 1 heterocycles. The number of hydrogen-bond acceptors (Lipinski definition) is 4. The van der Waals surface area contributed by atoms with Crippen molar-refractivity contribution >= 4 is 17.4 Å². The summed E-state index contributed by atoms with van der Waals surface area (Å²) in [7, 11) is 0. The maximum atomic E-state index is 11.2. The summed E-state index contributed by atoms with van der Waals surface area (Å²) >= 11 is 0. The molecule has 0 fully saturated rings. The molecule has 0 bridgehead atoms. The Labute approximate surface area is 98.7 Å². The van der Waals surface area contributed by atoms with Gasteiger partial charge in [-0.2, -0.15) is 0 Å². The number of carbonyl (C=O) groups excluding carboxylic acids is 2. The number of nitrogens with one attached hydrogen (secondary N) is 1. The van der Waals surface area contributed by atoms with Crippen LogP contribution >= 0.6 is 0 Å². The molecule has 17 heavy (non-hydrogen) atoms. The van der Waals surface area contributed by atoms with Crippen LogP contribution in [0.3, 0.4) is 0 Å². The molecule has 1 aromatic rings. The molecule has 1 N–H and O–H groups in total. The smallest absolute Gasteiger partial charge is 0.291 e. The van der Waals surface area contributed by atoms with Crippen LogP contribution in [0, 0.1) is 0 Å². The zero-order chi connectivity index (χ0) is 12.3. The van der Waals surface area contributed by atoms with Gasteiger partial charge in [0.2, 0.25) is 5.78 Å². The number of fused-ring (bicyclic) bond motifs is 1. The van der Waals surface area contributed by atoms with Gasteiger partial charge in [0.25, 0.3) is 5.91 Å². The average molecular weight is 235 g/mol. The normalized spacial score (nSPS) is 13.7. The number of ether oxygens (including phenoxy) is 2. The molecule has 0 atom stereocenters. The first kappa shape index (κ1) is 11.4. The minimum atomic E-state index is -0.639. The topological polar surface area (TPSA) is 64.6 Å². The lowest BCUT2D eigenvalue weighted by Gasteiger charge is -2.09. The van der Waals surface area contributed by atoms with Crippen molar-refractivity contribution in [1.29, 1.82) is 0 Å². The Bertz CT molecular complexity index is 456. The number of rotatable bonds is 2. The van der Waals surface area contributed by atoms with Crippen LogP contribution in [0.5, 0.6) is 11.5 Å². The van der Waals surface area contributed by atoms with Crippen molar-refractivity contribution in [2.24, 2.45) is 0 Å². The molecule has 0 spiro atoms. The summed E-state index contributed by atoms with van der Waals surface area (Å²) in [5.41, 5.74) is 0.523. The van der Waals surface area contributed by atoms with Gasteiger partial charge in [-0.3, -0.25) is 9.59 Å². The van der Waals surface area contributed by atoms with Crippen molar-refractivity contribution < 1.29 is 19.1 Å². The fourth-order valence-electron chi connectivity index (χ4n) is 1.46. The molecule has 1 amide bonds. The summed E-state index contributed by atoms with van der Waals surface area (Å²) < 4.78 is 10.9. The van der Waals surface area contributed by atoms with Crippen molar-refractivity contribution in [3.05, 3.63) is 18.2 Å². The highest BCUT2D eigenvalue weighted by atomic mass is 16.5. The molecule has 1 aliphatic heterocycles. The van der Waals surface area contributed by atoms with E-state index in [4.69, 9.17) is 9.47 Å². The van der Waals surface area contributed by atoms with Gasteiger partial charge in [-0.05, 0) is 12.1 Å². The second kappa shape index (κ2) is 4.86. The molecule has 5 heteroatoms. The molecular weight excluding hydrogens is 222 g/mol. The second-order valence-corrected chi connectivity index (χ2v) is 3.72. The molecule has 1 aliphatic rings. The molecular formula is C12H13NO4. The van der Waals surface area contributed by atoms with Gasteiger partial charge in [-0.25, -0.2) is 0 Å². The summed E-state index contributed by atoms with van der Waals surface area (Å²) in [6.45, 7) is 2.42. The van der Waals surface area contributed by atoms with Crippen LogP contribution in [-0.2, 0) is 9.59 Å². The van der Waals surface area contributed by atoms with Gasteiger partial charge in [0.15, 0.2) is 11.5 Å². The van der Waals surface area contributed by atoms with Crippen LogP contribution in [0.4, 0.5) is 5.69 Å². The molecule has 2 rings (SSSR count). The van der Waals surface area contributed by atoms with Crippen molar-refractivity contribution in [1.82, 2.24) is 0 Å². The maximum Gasteiger partial charge on any atom is 0.291 e. The monoisotopic (exact) mass is 235 g/mol. The largest absolute Gasteiger partial charge is 0.490 e. The van der Waals surface area contributed by atoms with Gasteiger partial charge in [-0.1, -0.05) is 0 Å². The number of carbonyl (C=O) groups is 2. The van der Waals surface area contributed by atoms with Crippen molar-refractivity contribution in [3.8, 4) is 11.5 Å². The van der Waals surface area contributed by atoms with Crippen LogP contribution in [0.1, 0.15) is 13.3 Å². The predicted octanol–water partition coefficient (Wildman–Crippen LogP) is 1.38. The van der Waals surface area contributed by atoms with E-state index in [1.54, 1.807) is 18.2 Å². The number of amides is 1. The molecule has 1 aromatic carbocycles. The Hall–Kier alpha value is -2.04. The number of benzene rings is 1. The molecule has 0 saturated carbocycles. The Morgan fingerprint density at radius 2 is 1.88 bits per heavy atom. The van der Waals surface area contributed by atoms with Crippen molar-refractivity contribution in [2.45, 2.75) is 13.3 Å². The molecule has 0 aliphatic carbocycles. The van der Waals surface area contributed by atoms with E-state index in [9.17, 15) is 9.59 Å². The zero-order valence-corrected chi connectivity index (χ0v) is 9.49. The quantitative estimate of drug-likeness (QED) is 0.786. The van der Waals surface area contributed by atoms with E-state index in [1.165, 1.54) is 6.92 Å². The van der Waals surface area contributed by atoms with Gasteiger partial charge in [0.1, 0.15) is 0 Å². The van der Waals surface area contributed by atoms with E-state index < -0.39 is 11.7 Å². The summed E-state index contributed by atoms with van der Waals surface area (Å²) in [5.74, 6) is 0.0729. The van der Waals surface area contributed by atoms with Crippen LogP contribution < -0.4 is 14.8 Å². The van der Waals surface area contributed by atoms with Crippen LogP contribution in [0.2, 0.25) is 0 Å². The summed E-state index contributed by atoms with van der Waals surface area (Å²) in [6.07, 6.45) is 0.823. The molecule has 0 unspecified atom stereocenters. The van der Waals surface area contributed by atoms with Crippen LogP contribution in [-0.4, -0.2) is 24.9 Å². The first-order valence-electron chi connectivity index (χ1n) is 5.38. The molecule has 90 valence electrons. The van der Waals surface area contributed by atoms with E-state index in [2.05, 4.69) is 5.32 Å². The lowest BCUT2D eigenvalue weighted by molar-refractivity contribution is -0.133. The SMILES string of the molecule is CC(=O)C(=O)Nc1ccc2c(c1)OCCCO2. The summed E-state index contributed by atoms with van der Waals surface area (Å²) in [4.78, 5) is 22.0. The third-order valence-electron chi connectivity index (χ3n) is 2.33. The fourth-order valence-corrected chi connectivity index (χ4v) is 1.46. The Balaban J connectivity index is 2.18. The van der Waals surface area contributed by atoms with Gasteiger partial charge >= 0.3 is 0 Å². The number of ketones is 1. The molecule has 5 nitrogen and oxygen atoms in total. The Morgan fingerprint density at radius 3 is 2.59 bits per heavy atom. The molecule has 0 aromatic heterocycles. The van der Waals surface area contributed by atoms with E-state index in [-0.39, 0.29) is 0 Å². The summed E-state index contributed by atoms with van der Waals surface area (Å²) in [6, 6.07) is 5.05. The van der Waals surface area contributed by atoms with E-state index in [0.717, 1.165) is 6.42 Å². The van der Waals surface area contributed by atoms with Crippen LogP contribution in [0.15, 0.2) is 18.2 Å². The van der Waals surface area contributed by atoms with Gasteiger partial charge in [-0.15, -0.1) is 0 Å². The third kappa shape index (κ3) is 2.75. The lowest BCUT2D eigenvalue weighted by Crippen LogP contribution is -2.19. The van der Waals surface area contributed by atoms with Gasteiger partial charge in [0.05, 0.1) is 13.2 Å². The highest BCUT2D eigenvalue weighted by molar-refractivity contribution is 6.39. The standard InChI is InChI=1S/C12H13NO4/c1-8(14)12(15)13-9-3-4-10-11(7-9)17-6-2-5-16-10/h3-4,7H,2,5-6H2,1H3,(H,13,15). The fraction of sp³-hybridized carbons (Fsp3) is 0.333. The number of anilines is 1. The number of hydrogen-bond donors (Lipinski definition) is 1. The first-order valence-corrected chi connectivity index (χ1v) is 5.38. The zero-order valence-electron chi connectivity index (χ0n) is 9.49. The average Bonchev–Trinajstić information content (AvgIpc) is 2.53. The van der Waals surface area contributed by atoms with Crippen molar-refractivity contribution in [3.63, 3.8) is 0 Å². The number of Topliss-reactive ketones (excluding diaryl/α,β-unsaturated/α-hetero) is 1. The Kier molecular flexibility index (Phi) is 3.27. The van der Waals surface area contributed by atoms with E-state index >= 15 is 0 Å². The summed E-state index contributed by atoms with van der Waals surface area (Å²) in [5, 5.41) is 2.49. The predicted molar refractivity (Wildman–Crippen MR) is 61.4 cm³/mol. The van der Waals surface area contributed by atoms with Gasteiger partial charge < -0.3 is 14.8 Å². The lowest BCUT2D eigenvalue weighted by atomic mass is 10.2. The molecule has 0 radical (unpaired) electrons. The van der Waals surface area contributed by atoms with Crippen molar-refractivity contribution in [2.75, 3.05) is 18.5 Å². The van der Waals surface area contributed by atoms with E-state index in [1.807, 2.05) is 0 Å². The minimum Gasteiger partial charge on any atom is -0.490 e. The second-order valence-electron chi connectivity index (χ2n) is 3.72. The Morgan fingerprint density at radius 1 is 1.18 bits per heavy atom. The first-order chi connectivity index (χ1) is 8.16. The van der Waals surface area contributed by atoms with E-state index in [0.29, 0.717) is 30.4 Å². The van der Waals surface area contributed by atoms with Gasteiger partial charge in [0, 0.05) is 25.1 Å².